The number of aromatic carboxylic acids is 1. The maximum atomic E-state index is 12.0. The third-order valence-corrected chi connectivity index (χ3v) is 6.02. The SMILES string of the molecule is O=C(O)c1cccc2nc(CC3CCCCS3(=O)=O)nn12. The summed E-state index contributed by atoms with van der Waals surface area (Å²) in [5, 5.41) is 12.8. The highest BCUT2D eigenvalue weighted by atomic mass is 32.2. The van der Waals surface area contributed by atoms with Gasteiger partial charge in [0.15, 0.2) is 27.0 Å². The van der Waals surface area contributed by atoms with Gasteiger partial charge in [-0.15, -0.1) is 0 Å². The van der Waals surface area contributed by atoms with Gasteiger partial charge in [0, 0.05) is 6.42 Å². The van der Waals surface area contributed by atoms with Crippen LogP contribution in [0.4, 0.5) is 0 Å². The molecule has 0 aromatic carbocycles. The van der Waals surface area contributed by atoms with E-state index < -0.39 is 21.1 Å². The predicted molar refractivity (Wildman–Crippen MR) is 75.1 cm³/mol. The summed E-state index contributed by atoms with van der Waals surface area (Å²) in [5.74, 6) is -0.507. The fourth-order valence-corrected chi connectivity index (χ4v) is 4.52. The van der Waals surface area contributed by atoms with Crippen LogP contribution in [0.3, 0.4) is 0 Å². The number of rotatable bonds is 3. The molecule has 0 bridgehead atoms. The van der Waals surface area contributed by atoms with Gasteiger partial charge < -0.3 is 5.11 Å². The smallest absolute Gasteiger partial charge is 0.354 e. The number of hydrogen-bond acceptors (Lipinski definition) is 5. The number of aromatic nitrogens is 3. The average molecular weight is 309 g/mol. The molecular formula is C13H15N3O4S. The van der Waals surface area contributed by atoms with Crippen LogP contribution in [0.5, 0.6) is 0 Å². The van der Waals surface area contributed by atoms with E-state index >= 15 is 0 Å². The van der Waals surface area contributed by atoms with Gasteiger partial charge in [0.05, 0.1) is 11.0 Å². The first kappa shape index (κ1) is 14.0. The topological polar surface area (TPSA) is 102 Å². The van der Waals surface area contributed by atoms with E-state index in [1.54, 1.807) is 12.1 Å². The normalized spacial score (nSPS) is 21.4. The monoisotopic (exact) mass is 309 g/mol. The molecule has 0 radical (unpaired) electrons. The maximum Gasteiger partial charge on any atom is 0.354 e. The maximum absolute atomic E-state index is 12.0. The molecule has 0 spiro atoms. The van der Waals surface area contributed by atoms with Crippen molar-refractivity contribution >= 4 is 21.5 Å². The highest BCUT2D eigenvalue weighted by Gasteiger charge is 2.30. The molecule has 1 N–H and O–H groups in total. The second-order valence-corrected chi connectivity index (χ2v) is 7.60. The number of carboxylic acid groups (broad SMARTS) is 1. The van der Waals surface area contributed by atoms with Gasteiger partial charge in [0.25, 0.3) is 0 Å². The fraction of sp³-hybridized carbons (Fsp3) is 0.462. The molecule has 1 unspecified atom stereocenters. The van der Waals surface area contributed by atoms with Gasteiger partial charge in [0.2, 0.25) is 0 Å². The highest BCUT2D eigenvalue weighted by molar-refractivity contribution is 7.92. The van der Waals surface area contributed by atoms with E-state index in [2.05, 4.69) is 10.1 Å². The molecule has 8 heteroatoms. The zero-order valence-electron chi connectivity index (χ0n) is 11.3. The van der Waals surface area contributed by atoms with E-state index in [0.29, 0.717) is 24.3 Å². The van der Waals surface area contributed by atoms with Gasteiger partial charge in [-0.1, -0.05) is 12.5 Å². The number of nitrogens with zero attached hydrogens (tertiary/aromatic N) is 3. The molecule has 112 valence electrons. The molecule has 1 aliphatic rings. The van der Waals surface area contributed by atoms with Crippen molar-refractivity contribution in [2.45, 2.75) is 30.9 Å². The Bertz CT molecular complexity index is 797. The van der Waals surface area contributed by atoms with Crippen LogP contribution >= 0.6 is 0 Å². The lowest BCUT2D eigenvalue weighted by Crippen LogP contribution is -2.30. The summed E-state index contributed by atoms with van der Waals surface area (Å²) in [5.41, 5.74) is 0.427. The number of carbonyl (C=O) groups is 1. The quantitative estimate of drug-likeness (QED) is 0.905. The number of fused-ring (bicyclic) bond motifs is 1. The molecule has 0 saturated carbocycles. The van der Waals surface area contributed by atoms with Gasteiger partial charge in [0.1, 0.15) is 0 Å². The van der Waals surface area contributed by atoms with Crippen LogP contribution < -0.4 is 0 Å². The summed E-state index contributed by atoms with van der Waals surface area (Å²) >= 11 is 0. The molecule has 2 aromatic rings. The Morgan fingerprint density at radius 3 is 2.90 bits per heavy atom. The Hall–Kier alpha value is -1.96. The summed E-state index contributed by atoms with van der Waals surface area (Å²) in [6.45, 7) is 0. The van der Waals surface area contributed by atoms with Crippen molar-refractivity contribution in [2.24, 2.45) is 0 Å². The van der Waals surface area contributed by atoms with Crippen molar-refractivity contribution in [3.05, 3.63) is 29.7 Å². The van der Waals surface area contributed by atoms with Crippen molar-refractivity contribution in [2.75, 3.05) is 5.75 Å². The number of carboxylic acids is 1. The van der Waals surface area contributed by atoms with Crippen molar-refractivity contribution < 1.29 is 18.3 Å². The number of sulfone groups is 1. The van der Waals surface area contributed by atoms with Crippen LogP contribution in [-0.4, -0.2) is 45.1 Å². The number of hydrogen-bond donors (Lipinski definition) is 1. The first-order valence-corrected chi connectivity index (χ1v) is 8.48. The molecule has 0 aliphatic carbocycles. The van der Waals surface area contributed by atoms with Crippen LogP contribution in [0.1, 0.15) is 35.6 Å². The van der Waals surface area contributed by atoms with Crippen molar-refractivity contribution in [1.29, 1.82) is 0 Å². The van der Waals surface area contributed by atoms with Gasteiger partial charge in [-0.2, -0.15) is 5.10 Å². The lowest BCUT2D eigenvalue weighted by molar-refractivity contribution is 0.0687. The Labute approximate surface area is 121 Å². The molecule has 21 heavy (non-hydrogen) atoms. The minimum absolute atomic E-state index is 0.0118. The first-order chi connectivity index (χ1) is 9.97. The summed E-state index contributed by atoms with van der Waals surface area (Å²) < 4.78 is 25.3. The molecule has 1 aliphatic heterocycles. The Kier molecular flexibility index (Phi) is 3.40. The van der Waals surface area contributed by atoms with Crippen LogP contribution in [-0.2, 0) is 16.3 Å². The minimum Gasteiger partial charge on any atom is -0.477 e. The van der Waals surface area contributed by atoms with E-state index in [1.807, 2.05) is 0 Å². The lowest BCUT2D eigenvalue weighted by atomic mass is 10.1. The zero-order valence-corrected chi connectivity index (χ0v) is 12.1. The predicted octanol–water partition coefficient (Wildman–Crippen LogP) is 0.937. The van der Waals surface area contributed by atoms with E-state index in [1.165, 1.54) is 10.6 Å². The molecular weight excluding hydrogens is 294 g/mol. The first-order valence-electron chi connectivity index (χ1n) is 6.77. The molecule has 1 atom stereocenters. The Morgan fingerprint density at radius 2 is 2.19 bits per heavy atom. The van der Waals surface area contributed by atoms with Gasteiger partial charge in [-0.25, -0.2) is 22.7 Å². The molecule has 3 rings (SSSR count). The van der Waals surface area contributed by atoms with Crippen molar-refractivity contribution in [1.82, 2.24) is 14.6 Å². The van der Waals surface area contributed by atoms with E-state index in [4.69, 9.17) is 5.11 Å². The summed E-state index contributed by atoms with van der Waals surface area (Å²) in [6.07, 6.45) is 2.45. The van der Waals surface area contributed by atoms with Crippen molar-refractivity contribution in [3.63, 3.8) is 0 Å². The van der Waals surface area contributed by atoms with Crippen LogP contribution in [0, 0.1) is 0 Å². The molecule has 2 aromatic heterocycles. The molecule has 3 heterocycles. The second kappa shape index (κ2) is 5.10. The van der Waals surface area contributed by atoms with E-state index in [-0.39, 0.29) is 17.9 Å². The van der Waals surface area contributed by atoms with Gasteiger partial charge >= 0.3 is 5.97 Å². The molecule has 7 nitrogen and oxygen atoms in total. The minimum atomic E-state index is -3.09. The summed E-state index contributed by atoms with van der Waals surface area (Å²) in [6, 6.07) is 4.68. The molecule has 0 amide bonds. The summed E-state index contributed by atoms with van der Waals surface area (Å²) in [7, 11) is -3.09. The standard InChI is InChI=1S/C13H15N3O4S/c17-13(18)10-5-3-6-12-14-11(15-16(10)12)8-9-4-1-2-7-21(9,19)20/h3,5-6,9H,1-2,4,7-8H2,(H,17,18). The third-order valence-electron chi connectivity index (χ3n) is 3.75. The summed E-state index contributed by atoms with van der Waals surface area (Å²) in [4.78, 5) is 15.4. The number of pyridine rings is 1. The third kappa shape index (κ3) is 2.63. The van der Waals surface area contributed by atoms with Crippen LogP contribution in [0.2, 0.25) is 0 Å². The Balaban J connectivity index is 1.95. The van der Waals surface area contributed by atoms with E-state index in [0.717, 1.165) is 6.42 Å². The van der Waals surface area contributed by atoms with Gasteiger partial charge in [-0.3, -0.25) is 0 Å². The largest absolute Gasteiger partial charge is 0.477 e. The molecule has 1 fully saturated rings. The van der Waals surface area contributed by atoms with Crippen LogP contribution in [0.25, 0.3) is 5.65 Å². The van der Waals surface area contributed by atoms with Crippen LogP contribution in [0.15, 0.2) is 18.2 Å². The highest BCUT2D eigenvalue weighted by Crippen LogP contribution is 2.22. The van der Waals surface area contributed by atoms with E-state index in [9.17, 15) is 13.2 Å². The fourth-order valence-electron chi connectivity index (χ4n) is 2.65. The average Bonchev–Trinajstić information content (AvgIpc) is 2.83. The lowest BCUT2D eigenvalue weighted by Gasteiger charge is -2.20. The van der Waals surface area contributed by atoms with Crippen molar-refractivity contribution in [3.8, 4) is 0 Å². The van der Waals surface area contributed by atoms with Gasteiger partial charge in [-0.05, 0) is 25.0 Å². The molecule has 1 saturated heterocycles. The Morgan fingerprint density at radius 1 is 1.38 bits per heavy atom. The second-order valence-electron chi connectivity index (χ2n) is 5.20. The zero-order chi connectivity index (χ0) is 15.0.